The molecule has 1 N–H and O–H groups in total. The Morgan fingerprint density at radius 1 is 1.26 bits per heavy atom. The maximum absolute atomic E-state index is 13.0. The lowest BCUT2D eigenvalue weighted by Gasteiger charge is -2.12. The number of amides is 1. The van der Waals surface area contributed by atoms with E-state index in [0.717, 1.165) is 10.4 Å². The average Bonchev–Trinajstić information content (AvgIpc) is 3.39. The van der Waals surface area contributed by atoms with Crippen LogP contribution in [0.15, 0.2) is 52.2 Å². The van der Waals surface area contributed by atoms with Crippen LogP contribution in [0.25, 0.3) is 20.7 Å². The van der Waals surface area contributed by atoms with Crippen molar-refractivity contribution < 1.29 is 23.0 Å². The molecule has 0 atom stereocenters. The van der Waals surface area contributed by atoms with Crippen molar-refractivity contribution in [3.8, 4) is 21.9 Å². The summed E-state index contributed by atoms with van der Waals surface area (Å²) in [4.78, 5) is 31.3. The van der Waals surface area contributed by atoms with Gasteiger partial charge < -0.3 is 14.8 Å². The van der Waals surface area contributed by atoms with Gasteiger partial charge in [-0.3, -0.25) is 14.2 Å². The fourth-order valence-corrected chi connectivity index (χ4v) is 4.71. The number of methoxy groups -OCH3 is 1. The molecule has 3 heterocycles. The Kier molecular flexibility index (Phi) is 5.96. The number of nitrogens with one attached hydrogen (secondary N) is 1. The normalized spacial score (nSPS) is 11.1. The number of aromatic nitrogens is 2. The Hall–Kier alpha value is -3.31. The maximum Gasteiger partial charge on any atom is 0.387 e. The van der Waals surface area contributed by atoms with Crippen LogP contribution in [0.1, 0.15) is 0 Å². The quantitative estimate of drug-likeness (QED) is 0.438. The molecule has 1 amide bonds. The van der Waals surface area contributed by atoms with E-state index in [1.54, 1.807) is 0 Å². The molecular weight excluding hydrogens is 448 g/mol. The Labute approximate surface area is 182 Å². The van der Waals surface area contributed by atoms with Gasteiger partial charge in [0.2, 0.25) is 5.91 Å². The fraction of sp³-hybridized carbons (Fsp3) is 0.150. The van der Waals surface area contributed by atoms with Gasteiger partial charge in [0, 0.05) is 27.6 Å². The van der Waals surface area contributed by atoms with Gasteiger partial charge in [-0.2, -0.15) is 8.78 Å². The van der Waals surface area contributed by atoms with Crippen molar-refractivity contribution in [2.45, 2.75) is 13.2 Å². The van der Waals surface area contributed by atoms with Crippen molar-refractivity contribution in [3.63, 3.8) is 0 Å². The van der Waals surface area contributed by atoms with Crippen LogP contribution >= 0.6 is 22.7 Å². The molecule has 0 spiro atoms. The van der Waals surface area contributed by atoms with E-state index in [9.17, 15) is 18.4 Å². The first-order valence-electron chi connectivity index (χ1n) is 8.89. The summed E-state index contributed by atoms with van der Waals surface area (Å²) in [5.74, 6) is -0.638. The molecule has 0 saturated heterocycles. The van der Waals surface area contributed by atoms with Crippen molar-refractivity contribution in [3.05, 3.63) is 57.8 Å². The van der Waals surface area contributed by atoms with E-state index in [-0.39, 0.29) is 29.3 Å². The highest BCUT2D eigenvalue weighted by Gasteiger charge is 2.16. The number of carbonyl (C=O) groups excluding carboxylic acids is 1. The third kappa shape index (κ3) is 4.42. The van der Waals surface area contributed by atoms with Crippen molar-refractivity contribution in [2.24, 2.45) is 0 Å². The summed E-state index contributed by atoms with van der Waals surface area (Å²) in [6, 6.07) is 7.91. The molecule has 1 aromatic carbocycles. The van der Waals surface area contributed by atoms with E-state index >= 15 is 0 Å². The Bertz CT molecular complexity index is 1290. The third-order valence-electron chi connectivity index (χ3n) is 4.32. The lowest BCUT2D eigenvalue weighted by Crippen LogP contribution is -2.27. The lowest BCUT2D eigenvalue weighted by atomic mass is 10.2. The van der Waals surface area contributed by atoms with Crippen LogP contribution in [0, 0.1) is 0 Å². The number of alkyl halides is 2. The van der Waals surface area contributed by atoms with E-state index in [2.05, 4.69) is 15.0 Å². The molecule has 11 heteroatoms. The minimum atomic E-state index is -3.04. The molecule has 7 nitrogen and oxygen atoms in total. The monoisotopic (exact) mass is 463 g/mol. The van der Waals surface area contributed by atoms with Gasteiger partial charge >= 0.3 is 6.61 Å². The Morgan fingerprint density at radius 3 is 2.81 bits per heavy atom. The van der Waals surface area contributed by atoms with Crippen molar-refractivity contribution in [2.75, 3.05) is 12.4 Å². The zero-order valence-electron chi connectivity index (χ0n) is 16.0. The number of fused-ring (bicyclic) bond motifs is 1. The summed E-state index contributed by atoms with van der Waals surface area (Å²) in [7, 11) is 1.32. The molecule has 160 valence electrons. The second kappa shape index (κ2) is 8.82. The van der Waals surface area contributed by atoms with Gasteiger partial charge in [0.05, 0.1) is 18.8 Å². The van der Waals surface area contributed by atoms with Gasteiger partial charge in [-0.25, -0.2) is 4.98 Å². The molecule has 0 bridgehead atoms. The van der Waals surface area contributed by atoms with Gasteiger partial charge in [-0.1, -0.05) is 6.07 Å². The van der Waals surface area contributed by atoms with E-state index in [0.29, 0.717) is 10.2 Å². The second-order valence-electron chi connectivity index (χ2n) is 6.28. The number of hydrogen-bond acceptors (Lipinski definition) is 7. The predicted molar refractivity (Wildman–Crippen MR) is 115 cm³/mol. The Balaban J connectivity index is 1.57. The highest BCUT2D eigenvalue weighted by atomic mass is 32.1. The van der Waals surface area contributed by atoms with E-state index in [1.807, 2.05) is 22.9 Å². The van der Waals surface area contributed by atoms with Gasteiger partial charge in [-0.15, -0.1) is 22.7 Å². The predicted octanol–water partition coefficient (Wildman–Crippen LogP) is 4.44. The van der Waals surface area contributed by atoms with Gasteiger partial charge in [0.25, 0.3) is 5.56 Å². The molecular formula is C20H15F2N3O4S2. The number of benzene rings is 1. The molecule has 0 unspecified atom stereocenters. The number of nitrogens with zero attached hydrogens (tertiary/aromatic N) is 2. The summed E-state index contributed by atoms with van der Waals surface area (Å²) >= 11 is 2.87. The fourth-order valence-electron chi connectivity index (χ4n) is 2.99. The molecule has 0 aliphatic carbocycles. The first-order valence-corrected chi connectivity index (χ1v) is 10.7. The summed E-state index contributed by atoms with van der Waals surface area (Å²) in [5, 5.41) is 6.81. The minimum absolute atomic E-state index is 0.0998. The van der Waals surface area contributed by atoms with E-state index in [1.165, 1.54) is 58.9 Å². The van der Waals surface area contributed by atoms with Crippen molar-refractivity contribution in [1.29, 1.82) is 0 Å². The summed E-state index contributed by atoms with van der Waals surface area (Å²) < 4.78 is 35.8. The average molecular weight is 463 g/mol. The molecule has 0 radical (unpaired) electrons. The van der Waals surface area contributed by atoms with Crippen LogP contribution in [0.5, 0.6) is 11.5 Å². The van der Waals surface area contributed by atoms with Crippen LogP contribution in [0.3, 0.4) is 0 Å². The number of carbonyl (C=O) groups is 1. The molecule has 0 saturated carbocycles. The SMILES string of the molecule is COc1ccc(NC(=O)Cn2cnc3scc(-c4cccs4)c3c2=O)cc1OC(F)F. The first-order chi connectivity index (χ1) is 15.0. The zero-order chi connectivity index (χ0) is 22.0. The van der Waals surface area contributed by atoms with E-state index in [4.69, 9.17) is 4.74 Å². The second-order valence-corrected chi connectivity index (χ2v) is 8.08. The molecule has 0 aliphatic rings. The first kappa shape index (κ1) is 20.9. The molecule has 4 rings (SSSR count). The van der Waals surface area contributed by atoms with E-state index < -0.39 is 12.5 Å². The smallest absolute Gasteiger partial charge is 0.387 e. The molecule has 3 aromatic heterocycles. The summed E-state index contributed by atoms with van der Waals surface area (Å²) in [6.45, 7) is -3.34. The minimum Gasteiger partial charge on any atom is -0.493 e. The number of thiophene rings is 2. The Morgan fingerprint density at radius 2 is 2.10 bits per heavy atom. The van der Waals surface area contributed by atoms with Crippen LogP contribution in [-0.2, 0) is 11.3 Å². The van der Waals surface area contributed by atoms with Gasteiger partial charge in [-0.05, 0) is 23.6 Å². The number of halogens is 2. The molecule has 0 aliphatic heterocycles. The number of hydrogen-bond donors (Lipinski definition) is 1. The highest BCUT2D eigenvalue weighted by molar-refractivity contribution is 7.18. The van der Waals surface area contributed by atoms with Crippen LogP contribution in [-0.4, -0.2) is 29.2 Å². The molecule has 0 fully saturated rings. The highest BCUT2D eigenvalue weighted by Crippen LogP contribution is 2.33. The number of rotatable bonds is 7. The summed E-state index contributed by atoms with van der Waals surface area (Å²) in [5.41, 5.74) is 0.672. The van der Waals surface area contributed by atoms with Crippen LogP contribution < -0.4 is 20.3 Å². The molecule has 4 aromatic rings. The topological polar surface area (TPSA) is 82.5 Å². The number of anilines is 1. The van der Waals surface area contributed by atoms with Crippen molar-refractivity contribution in [1.82, 2.24) is 9.55 Å². The zero-order valence-corrected chi connectivity index (χ0v) is 17.6. The third-order valence-corrected chi connectivity index (χ3v) is 6.11. The van der Waals surface area contributed by atoms with Gasteiger partial charge in [0.15, 0.2) is 11.5 Å². The summed E-state index contributed by atoms with van der Waals surface area (Å²) in [6.07, 6.45) is 1.32. The lowest BCUT2D eigenvalue weighted by molar-refractivity contribution is -0.116. The number of ether oxygens (including phenoxy) is 2. The molecule has 31 heavy (non-hydrogen) atoms. The largest absolute Gasteiger partial charge is 0.493 e. The van der Waals surface area contributed by atoms with Crippen LogP contribution in [0.4, 0.5) is 14.5 Å². The van der Waals surface area contributed by atoms with Crippen LogP contribution in [0.2, 0.25) is 0 Å². The van der Waals surface area contributed by atoms with Gasteiger partial charge in [0.1, 0.15) is 11.4 Å². The standard InChI is InChI=1S/C20H15F2N3O4S2/c1-28-13-5-4-11(7-14(13)29-20(21)22)24-16(26)8-25-10-23-18-17(19(25)27)12(9-31-18)15-3-2-6-30-15/h2-7,9-10,20H,8H2,1H3,(H,24,26). The van der Waals surface area contributed by atoms with Crippen molar-refractivity contribution >= 4 is 44.5 Å². The maximum atomic E-state index is 13.0.